The van der Waals surface area contributed by atoms with Crippen molar-refractivity contribution >= 4 is 29.3 Å². The molecule has 9 heteroatoms. The van der Waals surface area contributed by atoms with Gasteiger partial charge in [-0.05, 0) is 5.56 Å². The quantitative estimate of drug-likeness (QED) is 0.671. The first-order valence-electron chi connectivity index (χ1n) is 6.95. The zero-order valence-electron chi connectivity index (χ0n) is 12.4. The maximum absolute atomic E-state index is 11.6. The maximum atomic E-state index is 11.6. The highest BCUT2D eigenvalue weighted by Gasteiger charge is 2.25. The number of aliphatic hydroxyl groups is 2. The molecule has 0 saturated heterocycles. The Morgan fingerprint density at radius 1 is 1.17 bits per heavy atom. The van der Waals surface area contributed by atoms with Crippen LogP contribution in [0.1, 0.15) is 17.2 Å². The predicted molar refractivity (Wildman–Crippen MR) is 87.6 cm³/mol. The summed E-state index contributed by atoms with van der Waals surface area (Å²) < 4.78 is 4.99. The van der Waals surface area contributed by atoms with Crippen LogP contribution < -0.4 is 5.32 Å². The third kappa shape index (κ3) is 5.04. The Labute approximate surface area is 148 Å². The van der Waals surface area contributed by atoms with Gasteiger partial charge in [-0.1, -0.05) is 53.5 Å². The number of alkyl carbamates (subject to hydrolysis) is 1. The molecule has 128 valence electrons. The Bertz CT molecular complexity index is 667. The molecule has 1 amide bonds. The average Bonchev–Trinajstić information content (AvgIpc) is 2.58. The fraction of sp³-hybridized carbons (Fsp3) is 0.267. The zero-order valence-corrected chi connectivity index (χ0v) is 13.9. The lowest BCUT2D eigenvalue weighted by atomic mass is 10.1. The van der Waals surface area contributed by atoms with Gasteiger partial charge >= 0.3 is 6.09 Å². The van der Waals surface area contributed by atoms with Crippen molar-refractivity contribution < 1.29 is 19.7 Å². The first-order valence-corrected chi connectivity index (χ1v) is 7.71. The van der Waals surface area contributed by atoms with Gasteiger partial charge in [0.05, 0.1) is 5.56 Å². The van der Waals surface area contributed by atoms with E-state index < -0.39 is 18.3 Å². The number of rotatable bonds is 6. The van der Waals surface area contributed by atoms with E-state index in [-0.39, 0.29) is 29.0 Å². The van der Waals surface area contributed by atoms with Gasteiger partial charge in [-0.3, -0.25) is 0 Å². The molecule has 0 aliphatic rings. The van der Waals surface area contributed by atoms with Gasteiger partial charge in [-0.15, -0.1) is 0 Å². The molecule has 2 unspecified atom stereocenters. The number of hydrogen-bond donors (Lipinski definition) is 3. The molecule has 2 aromatic rings. The molecule has 0 aliphatic carbocycles. The van der Waals surface area contributed by atoms with E-state index in [0.717, 1.165) is 11.9 Å². The lowest BCUT2D eigenvalue weighted by Crippen LogP contribution is -2.36. The second kappa shape index (κ2) is 8.79. The van der Waals surface area contributed by atoms with E-state index in [2.05, 4.69) is 15.3 Å². The number of carbonyl (C=O) groups excluding carboxylic acids is 1. The largest absolute Gasteiger partial charge is 0.445 e. The Kier molecular flexibility index (Phi) is 6.74. The van der Waals surface area contributed by atoms with Crippen LogP contribution >= 0.6 is 23.2 Å². The van der Waals surface area contributed by atoms with Gasteiger partial charge in [0.15, 0.2) is 0 Å². The Morgan fingerprint density at radius 2 is 1.79 bits per heavy atom. The number of carbonyl (C=O) groups is 1. The molecular weight excluding hydrogens is 357 g/mol. The molecule has 0 bridgehead atoms. The summed E-state index contributed by atoms with van der Waals surface area (Å²) in [6, 6.07) is 9.12. The molecule has 24 heavy (non-hydrogen) atoms. The molecular formula is C15H15Cl2N3O4. The van der Waals surface area contributed by atoms with Crippen molar-refractivity contribution in [3.8, 4) is 0 Å². The smallest absolute Gasteiger partial charge is 0.407 e. The van der Waals surface area contributed by atoms with Crippen molar-refractivity contribution in [3.63, 3.8) is 0 Å². The molecule has 0 radical (unpaired) electrons. The fourth-order valence-corrected chi connectivity index (χ4v) is 2.40. The van der Waals surface area contributed by atoms with E-state index in [0.29, 0.717) is 0 Å². The van der Waals surface area contributed by atoms with Crippen LogP contribution in [0.25, 0.3) is 0 Å². The molecule has 0 spiro atoms. The summed E-state index contributed by atoms with van der Waals surface area (Å²) in [5.74, 6) is 0. The van der Waals surface area contributed by atoms with Gasteiger partial charge < -0.3 is 20.3 Å². The molecule has 0 fully saturated rings. The molecule has 1 heterocycles. The lowest BCUT2D eigenvalue weighted by molar-refractivity contribution is 0.0181. The third-order valence-corrected chi connectivity index (χ3v) is 3.72. The van der Waals surface area contributed by atoms with Gasteiger partial charge in [0.25, 0.3) is 0 Å². The number of halogens is 2. The average molecular weight is 372 g/mol. The molecule has 0 saturated carbocycles. The van der Waals surface area contributed by atoms with Gasteiger partial charge in [0.1, 0.15) is 35.4 Å². The van der Waals surface area contributed by atoms with Crippen LogP contribution in [0.3, 0.4) is 0 Å². The monoisotopic (exact) mass is 371 g/mol. The fourth-order valence-electron chi connectivity index (χ4n) is 1.86. The third-order valence-electron chi connectivity index (χ3n) is 3.12. The highest BCUT2D eigenvalue weighted by Crippen LogP contribution is 2.28. The van der Waals surface area contributed by atoms with Gasteiger partial charge in [0, 0.05) is 6.54 Å². The van der Waals surface area contributed by atoms with Gasteiger partial charge in [0.2, 0.25) is 0 Å². The number of benzene rings is 1. The van der Waals surface area contributed by atoms with Crippen molar-refractivity contribution in [3.05, 3.63) is 58.1 Å². The minimum atomic E-state index is -1.46. The van der Waals surface area contributed by atoms with E-state index >= 15 is 0 Å². The van der Waals surface area contributed by atoms with Crippen LogP contribution in [0.15, 0.2) is 36.7 Å². The number of amides is 1. The van der Waals surface area contributed by atoms with Crippen molar-refractivity contribution in [2.75, 3.05) is 6.54 Å². The number of nitrogens with zero attached hydrogens (tertiary/aromatic N) is 2. The summed E-state index contributed by atoms with van der Waals surface area (Å²) >= 11 is 11.7. The molecule has 3 N–H and O–H groups in total. The topological polar surface area (TPSA) is 105 Å². The summed E-state index contributed by atoms with van der Waals surface area (Å²) in [6.07, 6.45) is -2.42. The lowest BCUT2D eigenvalue weighted by Gasteiger charge is -2.19. The van der Waals surface area contributed by atoms with Crippen molar-refractivity contribution in [1.82, 2.24) is 15.3 Å². The standard InChI is InChI=1S/C15H15Cl2N3O4/c16-13-11(14(17)20-8-19-13)12(22)10(21)6-18-15(23)24-7-9-4-2-1-3-5-9/h1-5,8,10,12,21-22H,6-7H2,(H,18,23). The number of ether oxygens (including phenoxy) is 1. The highest BCUT2D eigenvalue weighted by atomic mass is 35.5. The second-order valence-electron chi connectivity index (χ2n) is 4.82. The number of aliphatic hydroxyl groups excluding tert-OH is 2. The van der Waals surface area contributed by atoms with Crippen LogP contribution in [0.4, 0.5) is 4.79 Å². The first kappa shape index (κ1) is 18.4. The molecule has 7 nitrogen and oxygen atoms in total. The van der Waals surface area contributed by atoms with Crippen molar-refractivity contribution in [2.24, 2.45) is 0 Å². The SMILES string of the molecule is O=C(NCC(O)C(O)c1c(Cl)ncnc1Cl)OCc1ccccc1. The highest BCUT2D eigenvalue weighted by molar-refractivity contribution is 6.34. The minimum absolute atomic E-state index is 0.00668. The van der Waals surface area contributed by atoms with E-state index in [9.17, 15) is 15.0 Å². The molecule has 1 aromatic heterocycles. The van der Waals surface area contributed by atoms with E-state index in [4.69, 9.17) is 27.9 Å². The van der Waals surface area contributed by atoms with E-state index in [1.807, 2.05) is 30.3 Å². The summed E-state index contributed by atoms with van der Waals surface area (Å²) in [5.41, 5.74) is 0.820. The summed E-state index contributed by atoms with van der Waals surface area (Å²) in [7, 11) is 0. The van der Waals surface area contributed by atoms with Gasteiger partial charge in [-0.2, -0.15) is 0 Å². The second-order valence-corrected chi connectivity index (χ2v) is 5.54. The molecule has 0 aliphatic heterocycles. The van der Waals surface area contributed by atoms with Crippen LogP contribution in [0.2, 0.25) is 10.3 Å². The minimum Gasteiger partial charge on any atom is -0.445 e. The Hall–Kier alpha value is -1.93. The van der Waals surface area contributed by atoms with E-state index in [1.165, 1.54) is 0 Å². The number of hydrogen-bond acceptors (Lipinski definition) is 6. The van der Waals surface area contributed by atoms with Crippen LogP contribution in [0.5, 0.6) is 0 Å². The summed E-state index contributed by atoms with van der Waals surface area (Å²) in [5, 5.41) is 22.2. The van der Waals surface area contributed by atoms with Crippen LogP contribution in [0, 0.1) is 0 Å². The first-order chi connectivity index (χ1) is 11.5. The maximum Gasteiger partial charge on any atom is 0.407 e. The van der Waals surface area contributed by atoms with E-state index in [1.54, 1.807) is 0 Å². The molecule has 1 aromatic carbocycles. The normalized spacial score (nSPS) is 13.2. The zero-order chi connectivity index (χ0) is 17.5. The Balaban J connectivity index is 1.83. The summed E-state index contributed by atoms with van der Waals surface area (Å²) in [4.78, 5) is 19.0. The molecule has 2 atom stereocenters. The Morgan fingerprint density at radius 3 is 2.42 bits per heavy atom. The van der Waals surface area contributed by atoms with Crippen LogP contribution in [-0.2, 0) is 11.3 Å². The van der Waals surface area contributed by atoms with Crippen molar-refractivity contribution in [1.29, 1.82) is 0 Å². The number of nitrogens with one attached hydrogen (secondary N) is 1. The number of aromatic nitrogens is 2. The predicted octanol–water partition coefficient (Wildman–Crippen LogP) is 2.10. The van der Waals surface area contributed by atoms with Crippen LogP contribution in [-0.4, -0.2) is 38.9 Å². The van der Waals surface area contributed by atoms with Gasteiger partial charge in [-0.25, -0.2) is 14.8 Å². The molecule has 2 rings (SSSR count). The van der Waals surface area contributed by atoms with Crippen molar-refractivity contribution in [2.45, 2.75) is 18.8 Å². The summed E-state index contributed by atoms with van der Waals surface area (Å²) in [6.45, 7) is -0.175.